The number of sulfonamides is 1. The number of nitrogens with one attached hydrogen (secondary N) is 3. The van der Waals surface area contributed by atoms with Gasteiger partial charge in [0.15, 0.2) is 0 Å². The Morgan fingerprint density at radius 3 is 2.44 bits per heavy atom. The largest absolute Gasteiger partial charge is 0.449 e. The van der Waals surface area contributed by atoms with Crippen LogP contribution in [-0.2, 0) is 19.6 Å². The van der Waals surface area contributed by atoms with Gasteiger partial charge in [-0.25, -0.2) is 22.3 Å². The van der Waals surface area contributed by atoms with Crippen molar-refractivity contribution in [3.05, 3.63) is 53.8 Å². The Labute approximate surface area is 229 Å². The zero-order valence-electron chi connectivity index (χ0n) is 22.6. The Bertz CT molecular complexity index is 1280. The first kappa shape index (κ1) is 28.8. The summed E-state index contributed by atoms with van der Waals surface area (Å²) < 4.78 is 47.8. The second-order valence-electron chi connectivity index (χ2n) is 10.7. The molecule has 0 unspecified atom stereocenters. The molecule has 0 aromatic heterocycles. The van der Waals surface area contributed by atoms with Crippen molar-refractivity contribution in [3.8, 4) is 0 Å². The maximum atomic E-state index is 13.2. The molecule has 2 aromatic carbocycles. The lowest BCUT2D eigenvalue weighted by molar-refractivity contribution is -0.126. The Morgan fingerprint density at radius 1 is 1.08 bits per heavy atom. The molecule has 0 bridgehead atoms. The van der Waals surface area contributed by atoms with Crippen LogP contribution in [0.2, 0.25) is 0 Å². The van der Waals surface area contributed by atoms with Crippen LogP contribution >= 0.6 is 0 Å². The molecule has 1 atom stereocenters. The zero-order chi connectivity index (χ0) is 28.2. The number of halogens is 1. The molecule has 3 N–H and O–H groups in total. The van der Waals surface area contributed by atoms with Gasteiger partial charge in [-0.3, -0.25) is 9.69 Å². The summed E-state index contributed by atoms with van der Waals surface area (Å²) in [5, 5.41) is 6.18. The highest BCUT2D eigenvalue weighted by molar-refractivity contribution is 7.89. The van der Waals surface area contributed by atoms with Crippen LogP contribution in [0.4, 0.5) is 20.6 Å². The second-order valence-corrected chi connectivity index (χ2v) is 12.4. The van der Waals surface area contributed by atoms with Crippen LogP contribution in [0, 0.1) is 17.7 Å². The molecular formula is C28H37FN4O5S. The van der Waals surface area contributed by atoms with Crippen molar-refractivity contribution >= 4 is 33.4 Å². The van der Waals surface area contributed by atoms with E-state index in [1.807, 2.05) is 20.8 Å². The minimum Gasteiger partial charge on any atom is -0.449 e. The summed E-state index contributed by atoms with van der Waals surface area (Å²) in [5.41, 5.74) is 1.95. The van der Waals surface area contributed by atoms with E-state index in [9.17, 15) is 22.4 Å². The Balaban J connectivity index is 1.35. The standard InChI is InChI=1S/C28H37FN4O5S/c1-18(2)17-38-28(35)33-15-14-30-25-13-12-24(16-26(25)33)39(36,37)32-23-10-6-21(7-11-23)27(34)31-19(3)20-4-8-22(29)9-5-20/h4-5,8-9,12-13,16,18-19,21,23,30,32H,6-7,10-11,14-15,17H2,1-3H3,(H,31,34)/t19-,21-,23-/m1/s1. The van der Waals surface area contributed by atoms with Crippen LogP contribution in [0.25, 0.3) is 0 Å². The summed E-state index contributed by atoms with van der Waals surface area (Å²) in [6.07, 6.45) is 1.67. The summed E-state index contributed by atoms with van der Waals surface area (Å²) in [7, 11) is -3.85. The van der Waals surface area contributed by atoms with E-state index in [0.717, 1.165) is 5.56 Å². The number of carbonyl (C=O) groups excluding carboxylic acids is 2. The van der Waals surface area contributed by atoms with E-state index in [4.69, 9.17) is 4.74 Å². The summed E-state index contributed by atoms with van der Waals surface area (Å²) in [6, 6.07) is 10.2. The molecule has 11 heteroatoms. The first-order chi connectivity index (χ1) is 18.5. The van der Waals surface area contributed by atoms with E-state index in [1.54, 1.807) is 18.2 Å². The monoisotopic (exact) mass is 560 g/mol. The third-order valence-electron chi connectivity index (χ3n) is 7.13. The number of hydrogen-bond acceptors (Lipinski definition) is 6. The van der Waals surface area contributed by atoms with Gasteiger partial charge in [-0.2, -0.15) is 0 Å². The molecule has 9 nitrogen and oxygen atoms in total. The third-order valence-corrected chi connectivity index (χ3v) is 8.65. The van der Waals surface area contributed by atoms with Gasteiger partial charge in [0.1, 0.15) is 5.82 Å². The second kappa shape index (κ2) is 12.3. The number of ether oxygens (including phenoxy) is 1. The lowest BCUT2D eigenvalue weighted by Gasteiger charge is -2.31. The molecule has 1 fully saturated rings. The lowest BCUT2D eigenvalue weighted by atomic mass is 9.85. The fraction of sp³-hybridized carbons (Fsp3) is 0.500. The molecule has 39 heavy (non-hydrogen) atoms. The Kier molecular flexibility index (Phi) is 9.12. The number of nitrogens with zero attached hydrogens (tertiary/aromatic N) is 1. The summed E-state index contributed by atoms with van der Waals surface area (Å²) in [5.74, 6) is -0.438. The number of rotatable bonds is 8. The number of fused-ring (bicyclic) bond motifs is 1. The maximum Gasteiger partial charge on any atom is 0.414 e. The maximum absolute atomic E-state index is 13.2. The lowest BCUT2D eigenvalue weighted by Crippen LogP contribution is -2.41. The molecule has 1 aliphatic carbocycles. The molecule has 212 valence electrons. The van der Waals surface area contributed by atoms with Gasteiger partial charge in [-0.05, 0) is 74.4 Å². The summed E-state index contributed by atoms with van der Waals surface area (Å²) in [4.78, 5) is 27.0. The molecule has 0 radical (unpaired) electrons. The van der Waals surface area contributed by atoms with Gasteiger partial charge >= 0.3 is 6.09 Å². The van der Waals surface area contributed by atoms with Crippen molar-refractivity contribution < 1.29 is 27.1 Å². The van der Waals surface area contributed by atoms with Crippen LogP contribution < -0.4 is 20.3 Å². The van der Waals surface area contributed by atoms with Crippen LogP contribution in [-0.4, -0.2) is 46.2 Å². The molecule has 1 aliphatic heterocycles. The average Bonchev–Trinajstić information content (AvgIpc) is 2.91. The quantitative estimate of drug-likeness (QED) is 0.436. The summed E-state index contributed by atoms with van der Waals surface area (Å²) in [6.45, 7) is 6.93. The Hall–Kier alpha value is -3.18. The number of amides is 2. The average molecular weight is 561 g/mol. The van der Waals surface area contributed by atoms with Gasteiger partial charge in [0, 0.05) is 25.0 Å². The molecule has 1 heterocycles. The predicted octanol–water partition coefficient (Wildman–Crippen LogP) is 4.56. The zero-order valence-corrected chi connectivity index (χ0v) is 23.4. The molecule has 1 saturated carbocycles. The van der Waals surface area contributed by atoms with Crippen molar-refractivity contribution in [3.63, 3.8) is 0 Å². The van der Waals surface area contributed by atoms with Crippen molar-refractivity contribution in [2.75, 3.05) is 29.9 Å². The van der Waals surface area contributed by atoms with Gasteiger partial charge in [-0.1, -0.05) is 26.0 Å². The topological polar surface area (TPSA) is 117 Å². The minimum absolute atomic E-state index is 0.0691. The predicted molar refractivity (Wildman–Crippen MR) is 147 cm³/mol. The van der Waals surface area contributed by atoms with Crippen LogP contribution in [0.5, 0.6) is 0 Å². The van der Waals surface area contributed by atoms with Crippen LogP contribution in [0.15, 0.2) is 47.4 Å². The van der Waals surface area contributed by atoms with E-state index in [1.165, 1.54) is 29.2 Å². The Morgan fingerprint density at radius 2 is 1.77 bits per heavy atom. The SMILES string of the molecule is CC(C)COC(=O)N1CCNc2ccc(S(=O)(=O)N[C@H]3CC[C@H](C(=O)N[C@H](C)c4ccc(F)cc4)CC3)cc21. The van der Waals surface area contributed by atoms with Crippen molar-refractivity contribution in [2.24, 2.45) is 11.8 Å². The molecule has 0 spiro atoms. The van der Waals surface area contributed by atoms with E-state index >= 15 is 0 Å². The highest BCUT2D eigenvalue weighted by atomic mass is 32.2. The number of carbonyl (C=O) groups is 2. The fourth-order valence-electron chi connectivity index (χ4n) is 4.91. The van der Waals surface area contributed by atoms with Gasteiger partial charge in [0.05, 0.1) is 28.9 Å². The van der Waals surface area contributed by atoms with E-state index in [-0.39, 0.29) is 47.1 Å². The smallest absolute Gasteiger partial charge is 0.414 e. The fourth-order valence-corrected chi connectivity index (χ4v) is 6.23. The molecule has 2 aliphatic rings. The molecule has 2 amide bonds. The molecule has 4 rings (SSSR count). The number of hydrogen-bond donors (Lipinski definition) is 3. The normalized spacial score (nSPS) is 20.1. The van der Waals surface area contributed by atoms with Crippen molar-refractivity contribution in [1.29, 1.82) is 0 Å². The van der Waals surface area contributed by atoms with Gasteiger partial charge in [0.2, 0.25) is 15.9 Å². The first-order valence-electron chi connectivity index (χ1n) is 13.4. The van der Waals surface area contributed by atoms with Gasteiger partial charge in [-0.15, -0.1) is 0 Å². The van der Waals surface area contributed by atoms with Crippen molar-refractivity contribution in [2.45, 2.75) is 63.4 Å². The molecule has 2 aromatic rings. The van der Waals surface area contributed by atoms with Crippen LogP contribution in [0.3, 0.4) is 0 Å². The number of anilines is 2. The third kappa shape index (κ3) is 7.27. The molecule has 0 saturated heterocycles. The number of benzene rings is 2. The van der Waals surface area contributed by atoms with Gasteiger partial charge in [0.25, 0.3) is 0 Å². The van der Waals surface area contributed by atoms with E-state index < -0.39 is 16.1 Å². The minimum atomic E-state index is -3.85. The van der Waals surface area contributed by atoms with E-state index in [2.05, 4.69) is 15.4 Å². The van der Waals surface area contributed by atoms with Crippen LogP contribution in [0.1, 0.15) is 58.1 Å². The van der Waals surface area contributed by atoms with Crippen molar-refractivity contribution in [1.82, 2.24) is 10.0 Å². The van der Waals surface area contributed by atoms with E-state index in [0.29, 0.717) is 50.1 Å². The highest BCUT2D eigenvalue weighted by Gasteiger charge is 2.31. The summed E-state index contributed by atoms with van der Waals surface area (Å²) >= 11 is 0. The highest BCUT2D eigenvalue weighted by Crippen LogP contribution is 2.33. The van der Waals surface area contributed by atoms with Gasteiger partial charge < -0.3 is 15.4 Å². The molecular weight excluding hydrogens is 523 g/mol. The first-order valence-corrected chi connectivity index (χ1v) is 14.9.